The molecule has 0 radical (unpaired) electrons. The highest BCUT2D eigenvalue weighted by atomic mass is 16.5. The first-order chi connectivity index (χ1) is 9.74. The second-order valence-electron chi connectivity index (χ2n) is 4.66. The first-order valence-corrected chi connectivity index (χ1v) is 6.72. The molecule has 3 N–H and O–H groups in total. The molecule has 110 valence electrons. The van der Waals surface area contributed by atoms with Crippen molar-refractivity contribution >= 4 is 22.7 Å². The lowest BCUT2D eigenvalue weighted by molar-refractivity contribution is 0.190. The summed E-state index contributed by atoms with van der Waals surface area (Å²) in [5.41, 5.74) is 8.39. The highest BCUT2D eigenvalue weighted by Gasteiger charge is 2.11. The van der Waals surface area contributed by atoms with Gasteiger partial charge >= 0.3 is 0 Å². The number of methoxy groups -OCH3 is 2. The Labute approximate surface area is 118 Å². The fourth-order valence-electron chi connectivity index (χ4n) is 2.09. The maximum absolute atomic E-state index is 5.79. The molecular weight excluding hydrogens is 256 g/mol. The molecule has 0 atom stereocenters. The SMILES string of the molecule is COCCCN(CCOC)c1nc2ccc(N)cc2[nH]1. The van der Waals surface area contributed by atoms with Crippen LogP contribution in [0, 0.1) is 0 Å². The Bertz CT molecular complexity index is 541. The van der Waals surface area contributed by atoms with E-state index in [0.717, 1.165) is 48.8 Å². The Morgan fingerprint density at radius 3 is 2.75 bits per heavy atom. The number of nitrogens with two attached hydrogens (primary N) is 1. The molecule has 0 spiro atoms. The van der Waals surface area contributed by atoms with E-state index in [1.165, 1.54) is 0 Å². The lowest BCUT2D eigenvalue weighted by atomic mass is 10.3. The van der Waals surface area contributed by atoms with E-state index in [-0.39, 0.29) is 0 Å². The van der Waals surface area contributed by atoms with Crippen molar-refractivity contribution < 1.29 is 9.47 Å². The van der Waals surface area contributed by atoms with E-state index in [2.05, 4.69) is 14.9 Å². The number of hydrogen-bond donors (Lipinski definition) is 2. The first-order valence-electron chi connectivity index (χ1n) is 6.72. The summed E-state index contributed by atoms with van der Waals surface area (Å²) in [6, 6.07) is 5.68. The summed E-state index contributed by atoms with van der Waals surface area (Å²) < 4.78 is 10.3. The minimum atomic E-state index is 0.659. The summed E-state index contributed by atoms with van der Waals surface area (Å²) >= 11 is 0. The topological polar surface area (TPSA) is 76.4 Å². The van der Waals surface area contributed by atoms with Gasteiger partial charge in [-0.1, -0.05) is 0 Å². The first kappa shape index (κ1) is 14.6. The number of benzene rings is 1. The molecule has 0 aliphatic carbocycles. The Morgan fingerprint density at radius 1 is 1.20 bits per heavy atom. The zero-order valence-electron chi connectivity index (χ0n) is 12.1. The highest BCUT2D eigenvalue weighted by molar-refractivity contribution is 5.80. The lowest BCUT2D eigenvalue weighted by Crippen LogP contribution is -2.29. The quantitative estimate of drug-likeness (QED) is 0.567. The molecule has 0 fully saturated rings. The van der Waals surface area contributed by atoms with Crippen LogP contribution in [0.5, 0.6) is 0 Å². The number of nitrogens with one attached hydrogen (secondary N) is 1. The molecule has 0 bridgehead atoms. The Balaban J connectivity index is 2.15. The molecule has 1 aromatic carbocycles. The largest absolute Gasteiger partial charge is 0.399 e. The van der Waals surface area contributed by atoms with E-state index in [4.69, 9.17) is 15.2 Å². The van der Waals surface area contributed by atoms with Crippen LogP contribution in [-0.2, 0) is 9.47 Å². The summed E-state index contributed by atoms with van der Waals surface area (Å²) in [6.07, 6.45) is 0.944. The number of hydrogen-bond acceptors (Lipinski definition) is 5. The molecule has 0 amide bonds. The second-order valence-corrected chi connectivity index (χ2v) is 4.66. The summed E-state index contributed by atoms with van der Waals surface area (Å²) in [7, 11) is 3.41. The van der Waals surface area contributed by atoms with Crippen molar-refractivity contribution in [3.8, 4) is 0 Å². The molecule has 0 aliphatic rings. The van der Waals surface area contributed by atoms with Crippen LogP contribution in [0.3, 0.4) is 0 Å². The van der Waals surface area contributed by atoms with Crippen molar-refractivity contribution in [2.75, 3.05) is 51.2 Å². The molecule has 1 heterocycles. The van der Waals surface area contributed by atoms with E-state index < -0.39 is 0 Å². The van der Waals surface area contributed by atoms with Crippen molar-refractivity contribution in [3.05, 3.63) is 18.2 Å². The zero-order valence-corrected chi connectivity index (χ0v) is 12.1. The van der Waals surface area contributed by atoms with Gasteiger partial charge in [0, 0.05) is 39.6 Å². The van der Waals surface area contributed by atoms with Crippen molar-refractivity contribution in [1.29, 1.82) is 0 Å². The number of anilines is 2. The smallest absolute Gasteiger partial charge is 0.203 e. The molecule has 0 aliphatic heterocycles. The molecule has 2 aromatic rings. The molecule has 0 saturated carbocycles. The van der Waals surface area contributed by atoms with Gasteiger partial charge in [-0.05, 0) is 24.6 Å². The predicted molar refractivity (Wildman–Crippen MR) is 81.1 cm³/mol. The number of rotatable bonds is 8. The van der Waals surface area contributed by atoms with Gasteiger partial charge in [-0.3, -0.25) is 0 Å². The molecule has 6 nitrogen and oxygen atoms in total. The van der Waals surface area contributed by atoms with Gasteiger partial charge in [0.15, 0.2) is 0 Å². The third kappa shape index (κ3) is 3.61. The van der Waals surface area contributed by atoms with E-state index in [0.29, 0.717) is 6.61 Å². The average molecular weight is 278 g/mol. The molecular formula is C14H22N4O2. The van der Waals surface area contributed by atoms with Crippen LogP contribution >= 0.6 is 0 Å². The maximum Gasteiger partial charge on any atom is 0.203 e. The minimum Gasteiger partial charge on any atom is -0.399 e. The fraction of sp³-hybridized carbons (Fsp3) is 0.500. The van der Waals surface area contributed by atoms with Crippen molar-refractivity contribution in [2.45, 2.75) is 6.42 Å². The number of fused-ring (bicyclic) bond motifs is 1. The Morgan fingerprint density at radius 2 is 2.00 bits per heavy atom. The van der Waals surface area contributed by atoms with Gasteiger partial charge in [0.1, 0.15) is 0 Å². The van der Waals surface area contributed by atoms with Gasteiger partial charge in [-0.15, -0.1) is 0 Å². The van der Waals surface area contributed by atoms with Crippen LogP contribution in [-0.4, -0.2) is 50.5 Å². The Hall–Kier alpha value is -1.79. The molecule has 0 saturated heterocycles. The zero-order chi connectivity index (χ0) is 14.4. The van der Waals surface area contributed by atoms with E-state index in [1.807, 2.05) is 18.2 Å². The number of ether oxygens (including phenoxy) is 2. The molecule has 20 heavy (non-hydrogen) atoms. The summed E-state index contributed by atoms with van der Waals surface area (Å²) in [5, 5.41) is 0. The second kappa shape index (κ2) is 7.12. The van der Waals surface area contributed by atoms with Gasteiger partial charge in [0.05, 0.1) is 17.6 Å². The number of aromatic amines is 1. The van der Waals surface area contributed by atoms with Gasteiger partial charge in [-0.2, -0.15) is 0 Å². The minimum absolute atomic E-state index is 0.659. The van der Waals surface area contributed by atoms with Crippen LogP contribution in [0.15, 0.2) is 18.2 Å². The predicted octanol–water partition coefficient (Wildman–Crippen LogP) is 1.63. The fourth-order valence-corrected chi connectivity index (χ4v) is 2.09. The van der Waals surface area contributed by atoms with Crippen LogP contribution in [0.1, 0.15) is 6.42 Å². The third-order valence-corrected chi connectivity index (χ3v) is 3.13. The molecule has 6 heteroatoms. The summed E-state index contributed by atoms with van der Waals surface area (Å²) in [6.45, 7) is 3.05. The summed E-state index contributed by atoms with van der Waals surface area (Å²) in [4.78, 5) is 10.1. The number of imidazole rings is 1. The van der Waals surface area contributed by atoms with Crippen LogP contribution in [0.4, 0.5) is 11.6 Å². The summed E-state index contributed by atoms with van der Waals surface area (Å²) in [5.74, 6) is 0.846. The number of H-pyrrole nitrogens is 1. The van der Waals surface area contributed by atoms with Crippen LogP contribution < -0.4 is 10.6 Å². The van der Waals surface area contributed by atoms with Crippen LogP contribution in [0.25, 0.3) is 11.0 Å². The normalized spacial score (nSPS) is 11.1. The highest BCUT2D eigenvalue weighted by Crippen LogP contribution is 2.19. The van der Waals surface area contributed by atoms with Gasteiger partial charge in [-0.25, -0.2) is 4.98 Å². The number of nitrogens with zero attached hydrogens (tertiary/aromatic N) is 2. The van der Waals surface area contributed by atoms with E-state index >= 15 is 0 Å². The molecule has 2 rings (SSSR count). The standard InChI is InChI=1S/C14H22N4O2/c1-19-8-3-6-18(7-9-20-2)14-16-12-5-4-11(15)10-13(12)17-14/h4-5,10H,3,6-9,15H2,1-2H3,(H,16,17). The monoisotopic (exact) mass is 278 g/mol. The van der Waals surface area contributed by atoms with Gasteiger partial charge in [0.25, 0.3) is 0 Å². The van der Waals surface area contributed by atoms with Crippen molar-refractivity contribution in [1.82, 2.24) is 9.97 Å². The van der Waals surface area contributed by atoms with Crippen molar-refractivity contribution in [3.63, 3.8) is 0 Å². The number of aromatic nitrogens is 2. The van der Waals surface area contributed by atoms with Crippen LogP contribution in [0.2, 0.25) is 0 Å². The van der Waals surface area contributed by atoms with Gasteiger partial charge < -0.3 is 25.1 Å². The lowest BCUT2D eigenvalue weighted by Gasteiger charge is -2.21. The molecule has 1 aromatic heterocycles. The molecule has 0 unspecified atom stereocenters. The van der Waals surface area contributed by atoms with E-state index in [1.54, 1.807) is 14.2 Å². The third-order valence-electron chi connectivity index (χ3n) is 3.13. The Kier molecular flexibility index (Phi) is 5.20. The van der Waals surface area contributed by atoms with Crippen molar-refractivity contribution in [2.24, 2.45) is 0 Å². The number of nitrogen functional groups attached to an aromatic ring is 1. The van der Waals surface area contributed by atoms with E-state index in [9.17, 15) is 0 Å². The maximum atomic E-state index is 5.79. The van der Waals surface area contributed by atoms with Gasteiger partial charge in [0.2, 0.25) is 5.95 Å². The average Bonchev–Trinajstić information content (AvgIpc) is 2.85.